The summed E-state index contributed by atoms with van der Waals surface area (Å²) in [6.45, 7) is 14.0. The van der Waals surface area contributed by atoms with Crippen LogP contribution in [0.3, 0.4) is 0 Å². The van der Waals surface area contributed by atoms with Crippen LogP contribution >= 0.6 is 0 Å². The van der Waals surface area contributed by atoms with Gasteiger partial charge in [0, 0.05) is 11.5 Å². The molecule has 0 fully saturated rings. The topological polar surface area (TPSA) is 12.0 Å². The number of allylic oxidation sites excluding steroid dienone is 5. The van der Waals surface area contributed by atoms with Gasteiger partial charge in [-0.25, -0.2) is 0 Å². The predicted octanol–water partition coefficient (Wildman–Crippen LogP) is 5.18. The molecule has 0 aliphatic heterocycles. The second-order valence-corrected chi connectivity index (χ2v) is 12.2. The maximum Gasteiger partial charge on any atom is 0.149 e. The van der Waals surface area contributed by atoms with E-state index in [0.717, 1.165) is 0 Å². The molecule has 116 valence electrons. The van der Waals surface area contributed by atoms with Crippen molar-refractivity contribution in [2.75, 3.05) is 0 Å². The minimum atomic E-state index is -1.67. The van der Waals surface area contributed by atoms with E-state index in [1.54, 1.807) is 5.20 Å². The van der Waals surface area contributed by atoms with Crippen LogP contribution in [0.5, 0.6) is 0 Å². The van der Waals surface area contributed by atoms with Crippen LogP contribution in [0.2, 0.25) is 13.1 Å². The van der Waals surface area contributed by atoms with E-state index in [1.807, 2.05) is 0 Å². The first kappa shape index (κ1) is 15.5. The van der Waals surface area contributed by atoms with E-state index in [4.69, 9.17) is 0 Å². The molecule has 0 saturated heterocycles. The van der Waals surface area contributed by atoms with Gasteiger partial charge in [-0.05, 0) is 44.4 Å². The van der Waals surface area contributed by atoms with Crippen LogP contribution in [0.1, 0.15) is 38.8 Å². The van der Waals surface area contributed by atoms with E-state index < -0.39 is 8.24 Å². The lowest BCUT2D eigenvalue weighted by Gasteiger charge is -2.38. The first-order valence-corrected chi connectivity index (χ1v) is 11.2. The fourth-order valence-corrected chi connectivity index (χ4v) is 8.34. The molecule has 1 aromatic rings. The Morgan fingerprint density at radius 1 is 1.09 bits per heavy atom. The summed E-state index contributed by atoms with van der Waals surface area (Å²) in [4.78, 5) is 3.94. The summed E-state index contributed by atoms with van der Waals surface area (Å²) in [6, 6.07) is 8.76. The van der Waals surface area contributed by atoms with Crippen molar-refractivity contribution < 1.29 is 0 Å². The molecule has 2 aliphatic carbocycles. The highest BCUT2D eigenvalue weighted by Gasteiger charge is 2.40. The van der Waals surface area contributed by atoms with Gasteiger partial charge in [0.25, 0.3) is 0 Å². The van der Waals surface area contributed by atoms with Gasteiger partial charge in [0.2, 0.25) is 0 Å². The summed E-state index contributed by atoms with van der Waals surface area (Å²) in [6.07, 6.45) is 7.12. The van der Waals surface area contributed by atoms with E-state index in [-0.39, 0.29) is 5.54 Å². The Morgan fingerprint density at radius 3 is 2.45 bits per heavy atom. The molecule has 0 heterocycles. The van der Waals surface area contributed by atoms with E-state index in [1.165, 1.54) is 22.3 Å². The second-order valence-electron chi connectivity index (χ2n) is 8.12. The van der Waals surface area contributed by atoms with Gasteiger partial charge >= 0.3 is 0 Å². The molecule has 1 N–H and O–H groups in total. The number of nitrogens with one attached hydrogen (secondary N) is 1. The van der Waals surface area contributed by atoms with Crippen molar-refractivity contribution in [1.29, 1.82) is 0 Å². The first-order chi connectivity index (χ1) is 10.2. The van der Waals surface area contributed by atoms with Crippen molar-refractivity contribution >= 4 is 19.9 Å². The van der Waals surface area contributed by atoms with Gasteiger partial charge in [-0.2, -0.15) is 0 Å². The largest absolute Gasteiger partial charge is 0.329 e. The highest BCUT2D eigenvalue weighted by molar-refractivity contribution is 6.82. The van der Waals surface area contributed by atoms with Gasteiger partial charge < -0.3 is 4.98 Å². The van der Waals surface area contributed by atoms with Gasteiger partial charge in [-0.1, -0.05) is 66.4 Å². The van der Waals surface area contributed by atoms with Crippen molar-refractivity contribution in [3.05, 3.63) is 58.3 Å². The molecular formula is C20H27NSi. The molecule has 2 aliphatic rings. The third-order valence-electron chi connectivity index (χ3n) is 4.54. The van der Waals surface area contributed by atoms with Gasteiger partial charge in [0.1, 0.15) is 8.24 Å². The molecule has 2 heteroatoms. The first-order valence-electron chi connectivity index (χ1n) is 8.19. The molecule has 0 spiro atoms. The average Bonchev–Trinajstić information content (AvgIpc) is 2.73. The number of benzene rings is 1. The molecule has 0 bridgehead atoms. The smallest absolute Gasteiger partial charge is 0.149 e. The molecule has 1 aromatic carbocycles. The minimum absolute atomic E-state index is 0.155. The van der Waals surface area contributed by atoms with Gasteiger partial charge in [0.05, 0.1) is 0 Å². The van der Waals surface area contributed by atoms with E-state index in [0.29, 0.717) is 5.92 Å². The zero-order valence-corrected chi connectivity index (χ0v) is 15.6. The maximum absolute atomic E-state index is 3.94. The van der Waals surface area contributed by atoms with Crippen LogP contribution < -0.4 is 4.98 Å². The Hall–Kier alpha value is -1.38. The Kier molecular flexibility index (Phi) is 3.57. The van der Waals surface area contributed by atoms with Crippen molar-refractivity contribution in [3.8, 4) is 0 Å². The van der Waals surface area contributed by atoms with Crippen molar-refractivity contribution in [2.45, 2.75) is 46.3 Å². The molecule has 0 saturated carbocycles. The summed E-state index contributed by atoms with van der Waals surface area (Å²) >= 11 is 0. The summed E-state index contributed by atoms with van der Waals surface area (Å²) < 4.78 is 0. The zero-order valence-electron chi connectivity index (χ0n) is 14.6. The Bertz CT molecular complexity index is 699. The summed E-state index contributed by atoms with van der Waals surface area (Å²) in [7, 11) is -1.67. The lowest BCUT2D eigenvalue weighted by atomic mass is 9.86. The van der Waals surface area contributed by atoms with Crippen LogP contribution in [0.15, 0.2) is 47.2 Å². The van der Waals surface area contributed by atoms with Crippen LogP contribution in [0, 0.1) is 5.92 Å². The predicted molar refractivity (Wildman–Crippen MR) is 100 cm³/mol. The lowest BCUT2D eigenvalue weighted by Crippen LogP contribution is -2.56. The Labute approximate surface area is 135 Å². The van der Waals surface area contributed by atoms with Crippen LogP contribution in [-0.4, -0.2) is 13.8 Å². The minimum Gasteiger partial charge on any atom is -0.329 e. The molecule has 1 atom stereocenters. The van der Waals surface area contributed by atoms with Crippen LogP contribution in [-0.2, 0) is 0 Å². The third-order valence-corrected chi connectivity index (χ3v) is 7.97. The number of fused-ring (bicyclic) bond motifs is 3. The van der Waals surface area contributed by atoms with Gasteiger partial charge in [-0.15, -0.1) is 0 Å². The summed E-state index contributed by atoms with van der Waals surface area (Å²) in [5.41, 5.74) is 5.87. The van der Waals surface area contributed by atoms with Crippen molar-refractivity contribution in [3.63, 3.8) is 0 Å². The molecule has 22 heavy (non-hydrogen) atoms. The zero-order chi connectivity index (χ0) is 16.1. The van der Waals surface area contributed by atoms with Crippen molar-refractivity contribution in [1.82, 2.24) is 4.98 Å². The Morgan fingerprint density at radius 2 is 1.77 bits per heavy atom. The SMILES string of the molecule is CC1=C([Si](C)(C)NC(C)(C)C)C2C=Cc3ccccc3C2=C1. The van der Waals surface area contributed by atoms with Crippen molar-refractivity contribution in [2.24, 2.45) is 5.92 Å². The van der Waals surface area contributed by atoms with E-state index >= 15 is 0 Å². The highest BCUT2D eigenvalue weighted by atomic mass is 28.3. The molecule has 1 unspecified atom stereocenters. The third kappa shape index (κ3) is 2.66. The summed E-state index contributed by atoms with van der Waals surface area (Å²) in [5.74, 6) is 0.464. The molecule has 0 aromatic heterocycles. The summed E-state index contributed by atoms with van der Waals surface area (Å²) in [5, 5.41) is 1.64. The fraction of sp³-hybridized carbons (Fsp3) is 0.400. The van der Waals surface area contributed by atoms with E-state index in [9.17, 15) is 0 Å². The number of hydrogen-bond acceptors (Lipinski definition) is 1. The molecule has 3 rings (SSSR count). The monoisotopic (exact) mass is 309 g/mol. The maximum atomic E-state index is 3.94. The molecule has 0 radical (unpaired) electrons. The number of hydrogen-bond donors (Lipinski definition) is 1. The lowest BCUT2D eigenvalue weighted by molar-refractivity contribution is 0.513. The highest BCUT2D eigenvalue weighted by Crippen LogP contribution is 2.46. The van der Waals surface area contributed by atoms with Crippen LogP contribution in [0.25, 0.3) is 11.6 Å². The number of rotatable bonds is 2. The quantitative estimate of drug-likeness (QED) is 0.743. The van der Waals surface area contributed by atoms with Gasteiger partial charge in [-0.3, -0.25) is 0 Å². The standard InChI is InChI=1S/C20H27NSi/c1-14-13-18-16-10-8-7-9-15(16)11-12-17(18)19(14)22(5,6)21-20(2,3)4/h7-13,17,21H,1-6H3. The van der Waals surface area contributed by atoms with Gasteiger partial charge in [0.15, 0.2) is 0 Å². The van der Waals surface area contributed by atoms with Crippen LogP contribution in [0.4, 0.5) is 0 Å². The normalized spacial score (nSPS) is 20.8. The average molecular weight is 310 g/mol. The fourth-order valence-electron chi connectivity index (χ4n) is 4.24. The van der Waals surface area contributed by atoms with E-state index in [2.05, 4.69) is 88.3 Å². The molecule has 0 amide bonds. The molecule has 1 nitrogen and oxygen atoms in total. The second kappa shape index (κ2) is 5.07. The molecular weight excluding hydrogens is 282 g/mol. The Balaban J connectivity index is 2.01.